The molecule has 0 unspecified atom stereocenters. The van der Waals surface area contributed by atoms with Crippen molar-refractivity contribution in [1.82, 2.24) is 4.90 Å². The summed E-state index contributed by atoms with van der Waals surface area (Å²) in [4.78, 5) is 14.2. The van der Waals surface area contributed by atoms with E-state index in [0.29, 0.717) is 4.88 Å². The molecule has 1 N–H and O–H groups in total. The highest BCUT2D eigenvalue weighted by molar-refractivity contribution is 7.21. The highest BCUT2D eigenvalue weighted by atomic mass is 32.1. The summed E-state index contributed by atoms with van der Waals surface area (Å²) < 4.78 is 1.07. The van der Waals surface area contributed by atoms with E-state index in [4.69, 9.17) is 0 Å². The maximum Gasteiger partial charge on any atom is 0.346 e. The number of fused-ring (bicyclic) bond motifs is 1. The van der Waals surface area contributed by atoms with E-state index in [1.54, 1.807) is 0 Å². The van der Waals surface area contributed by atoms with Gasteiger partial charge in [-0.15, -0.1) is 11.3 Å². The van der Waals surface area contributed by atoms with E-state index in [-0.39, 0.29) is 0 Å². The van der Waals surface area contributed by atoms with Crippen LogP contribution in [-0.2, 0) is 6.54 Å². The standard InChI is InChI=1S/C14H15NO2S/c16-14(17)13-11(9-15-7-3-4-8-15)10-5-1-2-6-12(10)18-13/h1-2,5-6H,3-4,7-9H2,(H,16,17). The number of carbonyl (C=O) groups is 1. The summed E-state index contributed by atoms with van der Waals surface area (Å²) in [6.45, 7) is 2.94. The third-order valence-electron chi connectivity index (χ3n) is 3.47. The van der Waals surface area contributed by atoms with Crippen molar-refractivity contribution in [3.8, 4) is 0 Å². The summed E-state index contributed by atoms with van der Waals surface area (Å²) >= 11 is 1.39. The SMILES string of the molecule is O=C(O)c1sc2ccccc2c1CN1CCCC1. The van der Waals surface area contributed by atoms with Crippen LogP contribution < -0.4 is 0 Å². The van der Waals surface area contributed by atoms with Crippen LogP contribution in [0.15, 0.2) is 24.3 Å². The van der Waals surface area contributed by atoms with Gasteiger partial charge >= 0.3 is 5.97 Å². The van der Waals surface area contributed by atoms with Crippen molar-refractivity contribution in [1.29, 1.82) is 0 Å². The number of carboxylic acid groups (broad SMARTS) is 1. The Morgan fingerprint density at radius 1 is 1.28 bits per heavy atom. The molecule has 0 bridgehead atoms. The fourth-order valence-corrected chi connectivity index (χ4v) is 3.65. The highest BCUT2D eigenvalue weighted by Gasteiger charge is 2.21. The van der Waals surface area contributed by atoms with Crippen LogP contribution in [0.5, 0.6) is 0 Å². The highest BCUT2D eigenvalue weighted by Crippen LogP contribution is 2.32. The van der Waals surface area contributed by atoms with Crippen LogP contribution in [-0.4, -0.2) is 29.1 Å². The topological polar surface area (TPSA) is 40.5 Å². The molecule has 94 valence electrons. The zero-order valence-corrected chi connectivity index (χ0v) is 10.9. The number of carboxylic acids is 1. The van der Waals surface area contributed by atoms with E-state index in [2.05, 4.69) is 4.90 Å². The van der Waals surface area contributed by atoms with Gasteiger partial charge in [0.25, 0.3) is 0 Å². The zero-order valence-electron chi connectivity index (χ0n) is 10.1. The molecule has 1 fully saturated rings. The molecule has 0 saturated carbocycles. The average Bonchev–Trinajstić information content (AvgIpc) is 2.98. The van der Waals surface area contributed by atoms with Crippen molar-refractivity contribution in [2.24, 2.45) is 0 Å². The first-order valence-corrected chi connectivity index (χ1v) is 7.03. The molecule has 0 aliphatic carbocycles. The first-order valence-electron chi connectivity index (χ1n) is 6.22. The summed E-state index contributed by atoms with van der Waals surface area (Å²) in [5, 5.41) is 10.4. The Kier molecular flexibility index (Phi) is 3.06. The summed E-state index contributed by atoms with van der Waals surface area (Å²) in [7, 11) is 0. The van der Waals surface area contributed by atoms with Crippen molar-refractivity contribution >= 4 is 27.4 Å². The molecule has 0 atom stereocenters. The molecule has 3 nitrogen and oxygen atoms in total. The van der Waals surface area contributed by atoms with Crippen LogP contribution >= 0.6 is 11.3 Å². The van der Waals surface area contributed by atoms with E-state index in [1.807, 2.05) is 24.3 Å². The van der Waals surface area contributed by atoms with Gasteiger partial charge in [0.2, 0.25) is 0 Å². The molecule has 1 saturated heterocycles. The van der Waals surface area contributed by atoms with Gasteiger partial charge in [0, 0.05) is 11.2 Å². The van der Waals surface area contributed by atoms with Crippen molar-refractivity contribution in [2.45, 2.75) is 19.4 Å². The molecule has 18 heavy (non-hydrogen) atoms. The van der Waals surface area contributed by atoms with Gasteiger partial charge in [0.05, 0.1) is 0 Å². The van der Waals surface area contributed by atoms with E-state index >= 15 is 0 Å². The monoisotopic (exact) mass is 261 g/mol. The molecule has 0 spiro atoms. The van der Waals surface area contributed by atoms with Crippen molar-refractivity contribution in [3.05, 3.63) is 34.7 Å². The van der Waals surface area contributed by atoms with Gasteiger partial charge in [-0.1, -0.05) is 18.2 Å². The van der Waals surface area contributed by atoms with Crippen LogP contribution in [0.1, 0.15) is 28.1 Å². The number of nitrogens with zero attached hydrogens (tertiary/aromatic N) is 1. The lowest BCUT2D eigenvalue weighted by Crippen LogP contribution is -2.19. The Morgan fingerprint density at radius 2 is 2.00 bits per heavy atom. The van der Waals surface area contributed by atoms with E-state index in [1.165, 1.54) is 24.2 Å². The minimum absolute atomic E-state index is 0.503. The Bertz CT molecular complexity index is 584. The first kappa shape index (κ1) is 11.7. The fourth-order valence-electron chi connectivity index (χ4n) is 2.59. The van der Waals surface area contributed by atoms with E-state index < -0.39 is 5.97 Å². The number of rotatable bonds is 3. The predicted octanol–water partition coefficient (Wildman–Crippen LogP) is 3.20. The second-order valence-electron chi connectivity index (χ2n) is 4.69. The molecule has 3 rings (SSSR count). The fraction of sp³-hybridized carbons (Fsp3) is 0.357. The van der Waals surface area contributed by atoms with Gasteiger partial charge in [-0.2, -0.15) is 0 Å². The van der Waals surface area contributed by atoms with E-state index in [9.17, 15) is 9.90 Å². The van der Waals surface area contributed by atoms with Gasteiger partial charge in [-0.25, -0.2) is 4.79 Å². The normalized spacial score (nSPS) is 16.4. The Morgan fingerprint density at radius 3 is 2.72 bits per heavy atom. The lowest BCUT2D eigenvalue weighted by atomic mass is 10.1. The quantitative estimate of drug-likeness (QED) is 0.922. The molecule has 2 aromatic rings. The summed E-state index contributed by atoms with van der Waals surface area (Å²) in [5.41, 5.74) is 0.991. The number of hydrogen-bond donors (Lipinski definition) is 1. The Hall–Kier alpha value is -1.39. The Balaban J connectivity index is 2.05. The van der Waals surface area contributed by atoms with Gasteiger partial charge in [-0.3, -0.25) is 4.90 Å². The minimum Gasteiger partial charge on any atom is -0.477 e. The molecule has 0 amide bonds. The predicted molar refractivity (Wildman–Crippen MR) is 73.3 cm³/mol. The van der Waals surface area contributed by atoms with Crippen LogP contribution in [0.3, 0.4) is 0 Å². The number of likely N-dealkylation sites (tertiary alicyclic amines) is 1. The molecule has 1 aromatic carbocycles. The molecular formula is C14H15NO2S. The zero-order chi connectivity index (χ0) is 12.5. The second kappa shape index (κ2) is 4.71. The second-order valence-corrected chi connectivity index (χ2v) is 5.75. The largest absolute Gasteiger partial charge is 0.477 e. The maximum absolute atomic E-state index is 11.4. The average molecular weight is 261 g/mol. The molecule has 2 heterocycles. The molecule has 1 aromatic heterocycles. The van der Waals surface area contributed by atoms with Gasteiger partial charge in [-0.05, 0) is 42.9 Å². The molecule has 1 aliphatic rings. The third-order valence-corrected chi connectivity index (χ3v) is 4.67. The van der Waals surface area contributed by atoms with Crippen LogP contribution in [0.2, 0.25) is 0 Å². The van der Waals surface area contributed by atoms with E-state index in [0.717, 1.165) is 35.3 Å². The van der Waals surface area contributed by atoms with Crippen LogP contribution in [0.25, 0.3) is 10.1 Å². The van der Waals surface area contributed by atoms with Gasteiger partial charge in [0.15, 0.2) is 0 Å². The van der Waals surface area contributed by atoms with Gasteiger partial charge < -0.3 is 5.11 Å². The smallest absolute Gasteiger partial charge is 0.346 e. The number of aromatic carboxylic acids is 1. The lowest BCUT2D eigenvalue weighted by molar-refractivity contribution is 0.0700. The lowest BCUT2D eigenvalue weighted by Gasteiger charge is -2.14. The van der Waals surface area contributed by atoms with Crippen molar-refractivity contribution in [3.63, 3.8) is 0 Å². The molecule has 1 aliphatic heterocycles. The maximum atomic E-state index is 11.4. The van der Waals surface area contributed by atoms with Crippen LogP contribution in [0.4, 0.5) is 0 Å². The minimum atomic E-state index is -0.801. The van der Waals surface area contributed by atoms with Crippen molar-refractivity contribution in [2.75, 3.05) is 13.1 Å². The number of benzene rings is 1. The van der Waals surface area contributed by atoms with Gasteiger partial charge in [0.1, 0.15) is 4.88 Å². The molecular weight excluding hydrogens is 246 g/mol. The molecule has 4 heteroatoms. The summed E-state index contributed by atoms with van der Waals surface area (Å²) in [6.07, 6.45) is 2.45. The van der Waals surface area contributed by atoms with Crippen molar-refractivity contribution < 1.29 is 9.90 Å². The summed E-state index contributed by atoms with van der Waals surface area (Å²) in [5.74, 6) is -0.801. The van der Waals surface area contributed by atoms with Crippen LogP contribution in [0, 0.1) is 0 Å². The number of thiophene rings is 1. The Labute approximate surface area is 110 Å². The summed E-state index contributed by atoms with van der Waals surface area (Å²) in [6, 6.07) is 7.97. The first-order chi connectivity index (χ1) is 8.75. The molecule has 0 radical (unpaired) electrons. The number of hydrogen-bond acceptors (Lipinski definition) is 3. The third kappa shape index (κ3) is 2.02.